The molecule has 0 fully saturated rings. The third kappa shape index (κ3) is 6.27. The molecule has 2 aromatic carbocycles. The largest absolute Gasteiger partial charge is 0.494 e. The van der Waals surface area contributed by atoms with Crippen LogP contribution < -0.4 is 10.1 Å². The molecule has 3 aromatic rings. The molecule has 9 nitrogen and oxygen atoms in total. The molecule has 1 N–H and O–H groups in total. The summed E-state index contributed by atoms with van der Waals surface area (Å²) in [6, 6.07) is 11.4. The summed E-state index contributed by atoms with van der Waals surface area (Å²) in [6.07, 6.45) is 0. The molecule has 0 saturated heterocycles. The highest BCUT2D eigenvalue weighted by molar-refractivity contribution is 7.89. The Morgan fingerprint density at radius 3 is 2.33 bits per heavy atom. The molecule has 0 aliphatic rings. The zero-order valence-electron chi connectivity index (χ0n) is 18.7. The van der Waals surface area contributed by atoms with Gasteiger partial charge in [-0.2, -0.15) is 4.31 Å². The molecule has 3 rings (SSSR count). The van der Waals surface area contributed by atoms with E-state index in [0.29, 0.717) is 17.3 Å². The molecule has 0 unspecified atom stereocenters. The Bertz CT molecular complexity index is 1170. The molecular formula is C22H27N3O6S2. The van der Waals surface area contributed by atoms with Gasteiger partial charge < -0.3 is 14.2 Å². The highest BCUT2D eigenvalue weighted by atomic mass is 32.2. The number of fused-ring (bicyclic) bond motifs is 1. The van der Waals surface area contributed by atoms with Crippen LogP contribution in [0, 0.1) is 0 Å². The number of nitrogens with one attached hydrogen (secondary N) is 1. The lowest BCUT2D eigenvalue weighted by Crippen LogP contribution is -2.36. The maximum absolute atomic E-state index is 13.0. The summed E-state index contributed by atoms with van der Waals surface area (Å²) < 4.78 is 43.7. The van der Waals surface area contributed by atoms with Crippen molar-refractivity contribution >= 4 is 42.6 Å². The molecule has 0 aliphatic carbocycles. The number of anilines is 1. The zero-order valence-corrected chi connectivity index (χ0v) is 20.4. The highest BCUT2D eigenvalue weighted by Crippen LogP contribution is 2.29. The minimum atomic E-state index is -3.75. The first kappa shape index (κ1) is 25.1. The molecule has 1 amide bonds. The van der Waals surface area contributed by atoms with Crippen LogP contribution in [0.2, 0.25) is 0 Å². The first-order chi connectivity index (χ1) is 15.9. The highest BCUT2D eigenvalue weighted by Gasteiger charge is 2.24. The number of carbonyl (C=O) groups excluding carboxylic acids is 1. The third-order valence-electron chi connectivity index (χ3n) is 4.74. The molecule has 178 valence electrons. The van der Waals surface area contributed by atoms with E-state index in [1.165, 1.54) is 54.1 Å². The number of carbonyl (C=O) groups is 1. The van der Waals surface area contributed by atoms with E-state index in [2.05, 4.69) is 10.3 Å². The lowest BCUT2D eigenvalue weighted by molar-refractivity contribution is 0.102. The van der Waals surface area contributed by atoms with E-state index in [0.717, 1.165) is 16.0 Å². The number of thiazole rings is 1. The molecule has 33 heavy (non-hydrogen) atoms. The Hall–Kier alpha value is -2.57. The van der Waals surface area contributed by atoms with Crippen LogP contribution in [0.1, 0.15) is 17.3 Å². The Morgan fingerprint density at radius 1 is 1.06 bits per heavy atom. The van der Waals surface area contributed by atoms with Gasteiger partial charge >= 0.3 is 0 Å². The molecule has 0 aliphatic heterocycles. The quantitative estimate of drug-likeness (QED) is 0.413. The van der Waals surface area contributed by atoms with Gasteiger partial charge in [0.15, 0.2) is 5.13 Å². The number of benzene rings is 2. The van der Waals surface area contributed by atoms with E-state index in [1.54, 1.807) is 0 Å². The van der Waals surface area contributed by atoms with Crippen LogP contribution in [0.5, 0.6) is 5.75 Å². The van der Waals surface area contributed by atoms with Crippen molar-refractivity contribution < 1.29 is 27.4 Å². The predicted molar refractivity (Wildman–Crippen MR) is 128 cm³/mol. The lowest BCUT2D eigenvalue weighted by atomic mass is 10.2. The summed E-state index contributed by atoms with van der Waals surface area (Å²) in [7, 11) is -0.730. The van der Waals surface area contributed by atoms with Gasteiger partial charge in [0, 0.05) is 32.9 Å². The SMILES string of the molecule is CCOc1ccc2nc(NC(=O)c3ccc(S(=O)(=O)N(CCOC)CCOC)cc3)sc2c1. The lowest BCUT2D eigenvalue weighted by Gasteiger charge is -2.21. The fourth-order valence-corrected chi connectivity index (χ4v) is 5.35. The molecular weight excluding hydrogens is 466 g/mol. The van der Waals surface area contributed by atoms with Crippen molar-refractivity contribution in [2.45, 2.75) is 11.8 Å². The average Bonchev–Trinajstić information content (AvgIpc) is 3.20. The summed E-state index contributed by atoms with van der Waals surface area (Å²) in [4.78, 5) is 17.2. The summed E-state index contributed by atoms with van der Waals surface area (Å²) in [5.41, 5.74) is 1.08. The van der Waals surface area contributed by atoms with E-state index in [-0.39, 0.29) is 37.1 Å². The van der Waals surface area contributed by atoms with Gasteiger partial charge in [0.25, 0.3) is 5.91 Å². The number of ether oxygens (including phenoxy) is 3. The topological polar surface area (TPSA) is 107 Å². The van der Waals surface area contributed by atoms with Crippen LogP contribution in [0.4, 0.5) is 5.13 Å². The molecule has 0 atom stereocenters. The van der Waals surface area contributed by atoms with Crippen molar-refractivity contribution in [1.29, 1.82) is 0 Å². The van der Waals surface area contributed by atoms with E-state index in [4.69, 9.17) is 14.2 Å². The Labute approximate surface area is 197 Å². The van der Waals surface area contributed by atoms with Gasteiger partial charge in [-0.25, -0.2) is 13.4 Å². The summed E-state index contributed by atoms with van der Waals surface area (Å²) in [5.74, 6) is 0.368. The second-order valence-electron chi connectivity index (χ2n) is 6.95. The Kier molecular flexibility index (Phi) is 8.75. The predicted octanol–water partition coefficient (Wildman–Crippen LogP) is 3.23. The van der Waals surface area contributed by atoms with Crippen molar-refractivity contribution in [3.8, 4) is 5.75 Å². The van der Waals surface area contributed by atoms with E-state index >= 15 is 0 Å². The number of methoxy groups -OCH3 is 2. The van der Waals surface area contributed by atoms with Crippen LogP contribution in [0.25, 0.3) is 10.2 Å². The van der Waals surface area contributed by atoms with Gasteiger partial charge in [0.05, 0.1) is 34.9 Å². The number of sulfonamides is 1. The van der Waals surface area contributed by atoms with Gasteiger partial charge in [-0.15, -0.1) is 0 Å². The molecule has 0 saturated carbocycles. The van der Waals surface area contributed by atoms with Crippen LogP contribution in [-0.2, 0) is 19.5 Å². The van der Waals surface area contributed by atoms with Crippen molar-refractivity contribution in [3.05, 3.63) is 48.0 Å². The second kappa shape index (κ2) is 11.5. The number of hydrogen-bond acceptors (Lipinski definition) is 8. The fraction of sp³-hybridized carbons (Fsp3) is 0.364. The molecule has 1 heterocycles. The summed E-state index contributed by atoms with van der Waals surface area (Å²) >= 11 is 1.34. The number of hydrogen-bond donors (Lipinski definition) is 1. The smallest absolute Gasteiger partial charge is 0.257 e. The van der Waals surface area contributed by atoms with Gasteiger partial charge in [-0.3, -0.25) is 10.1 Å². The monoisotopic (exact) mass is 493 g/mol. The van der Waals surface area contributed by atoms with Gasteiger partial charge in [-0.1, -0.05) is 11.3 Å². The maximum atomic E-state index is 13.0. The molecule has 11 heteroatoms. The first-order valence-corrected chi connectivity index (χ1v) is 12.6. The van der Waals surface area contributed by atoms with Crippen molar-refractivity contribution in [2.24, 2.45) is 0 Å². The standard InChI is InChI=1S/C22H27N3O6S2/c1-4-31-17-7-10-19-20(15-17)32-22(23-19)24-21(26)16-5-8-18(9-6-16)33(27,28)25(11-13-29-2)12-14-30-3/h5-10,15H,4,11-14H2,1-3H3,(H,23,24,26). The molecule has 0 radical (unpaired) electrons. The molecule has 0 bridgehead atoms. The first-order valence-electron chi connectivity index (χ1n) is 10.3. The van der Waals surface area contributed by atoms with Crippen molar-refractivity contribution in [2.75, 3.05) is 52.4 Å². The third-order valence-corrected chi connectivity index (χ3v) is 7.58. The van der Waals surface area contributed by atoms with Crippen LogP contribution in [0.3, 0.4) is 0 Å². The fourth-order valence-electron chi connectivity index (χ4n) is 3.05. The summed E-state index contributed by atoms with van der Waals surface area (Å²) in [5, 5.41) is 3.22. The van der Waals surface area contributed by atoms with Crippen LogP contribution >= 0.6 is 11.3 Å². The number of amides is 1. The van der Waals surface area contributed by atoms with Crippen molar-refractivity contribution in [3.63, 3.8) is 0 Å². The zero-order chi connectivity index (χ0) is 23.8. The molecule has 1 aromatic heterocycles. The Morgan fingerprint density at radius 2 is 1.73 bits per heavy atom. The molecule has 0 spiro atoms. The average molecular weight is 494 g/mol. The summed E-state index contributed by atoms with van der Waals surface area (Å²) in [6.45, 7) is 3.40. The van der Waals surface area contributed by atoms with E-state index < -0.39 is 10.0 Å². The maximum Gasteiger partial charge on any atom is 0.257 e. The van der Waals surface area contributed by atoms with E-state index in [9.17, 15) is 13.2 Å². The van der Waals surface area contributed by atoms with Gasteiger partial charge in [0.2, 0.25) is 10.0 Å². The van der Waals surface area contributed by atoms with Gasteiger partial charge in [-0.05, 0) is 49.4 Å². The van der Waals surface area contributed by atoms with Crippen molar-refractivity contribution in [1.82, 2.24) is 9.29 Å². The number of nitrogens with zero attached hydrogens (tertiary/aromatic N) is 2. The van der Waals surface area contributed by atoms with Gasteiger partial charge in [0.1, 0.15) is 5.75 Å². The van der Waals surface area contributed by atoms with Crippen LogP contribution in [-0.4, -0.2) is 70.7 Å². The second-order valence-corrected chi connectivity index (χ2v) is 9.92. The minimum Gasteiger partial charge on any atom is -0.494 e. The van der Waals surface area contributed by atoms with E-state index in [1.807, 2.05) is 25.1 Å². The number of aromatic nitrogens is 1. The number of rotatable bonds is 12. The minimum absolute atomic E-state index is 0.0923. The normalized spacial score (nSPS) is 11.8. The Balaban J connectivity index is 1.73. The van der Waals surface area contributed by atoms with Crippen LogP contribution in [0.15, 0.2) is 47.4 Å².